The van der Waals surface area contributed by atoms with Gasteiger partial charge >= 0.3 is 6.18 Å². The maximum atomic E-state index is 15.1. The lowest BCUT2D eigenvalue weighted by Crippen LogP contribution is -2.29. The van der Waals surface area contributed by atoms with Crippen LogP contribution in [0.1, 0.15) is 54.4 Å². The Hall–Kier alpha value is -4.11. The average Bonchev–Trinajstić information content (AvgIpc) is 3.31. The van der Waals surface area contributed by atoms with Gasteiger partial charge in [0.25, 0.3) is 5.56 Å². The van der Waals surface area contributed by atoms with Crippen molar-refractivity contribution in [1.82, 2.24) is 24.3 Å². The zero-order chi connectivity index (χ0) is 27.4. The molecule has 5 rings (SSSR count). The van der Waals surface area contributed by atoms with Gasteiger partial charge in [-0.1, -0.05) is 0 Å². The van der Waals surface area contributed by atoms with E-state index >= 15 is 4.39 Å². The first-order valence-electron chi connectivity index (χ1n) is 11.8. The van der Waals surface area contributed by atoms with E-state index in [1.165, 1.54) is 18.2 Å². The van der Waals surface area contributed by atoms with Gasteiger partial charge in [0, 0.05) is 43.0 Å². The fraction of sp³-hybridized carbons (Fsp3) is 0.346. The highest BCUT2D eigenvalue weighted by Crippen LogP contribution is 2.41. The molecule has 38 heavy (non-hydrogen) atoms. The average molecular weight is 526 g/mol. The Morgan fingerprint density at radius 2 is 1.92 bits per heavy atom. The molecule has 0 spiro atoms. The number of nitriles is 1. The van der Waals surface area contributed by atoms with Crippen molar-refractivity contribution >= 4 is 10.9 Å². The molecule has 196 valence electrons. The summed E-state index contributed by atoms with van der Waals surface area (Å²) in [5, 5.41) is 13.2. The summed E-state index contributed by atoms with van der Waals surface area (Å²) in [4.78, 5) is 21.5. The maximum Gasteiger partial charge on any atom is 0.449 e. The zero-order valence-corrected chi connectivity index (χ0v) is 20.6. The highest BCUT2D eigenvalue weighted by atomic mass is 19.4. The minimum Gasteiger partial charge on any atom is -0.370 e. The van der Waals surface area contributed by atoms with Gasteiger partial charge in [0.1, 0.15) is 11.3 Å². The second-order valence-electron chi connectivity index (χ2n) is 9.45. The number of hydrogen-bond donors (Lipinski definition) is 0. The molecule has 0 radical (unpaired) electrons. The van der Waals surface area contributed by atoms with Crippen LogP contribution < -0.4 is 5.56 Å². The number of rotatable bonds is 3. The predicted molar refractivity (Wildman–Crippen MR) is 128 cm³/mol. The molecule has 1 aliphatic rings. The fourth-order valence-electron chi connectivity index (χ4n) is 4.93. The van der Waals surface area contributed by atoms with E-state index in [2.05, 4.69) is 15.1 Å². The summed E-state index contributed by atoms with van der Waals surface area (Å²) in [5.41, 5.74) is -0.339. The van der Waals surface area contributed by atoms with Crippen molar-refractivity contribution in [2.24, 2.45) is 14.1 Å². The number of aromatic nitrogens is 5. The third-order valence-corrected chi connectivity index (χ3v) is 6.72. The number of halogens is 4. The third kappa shape index (κ3) is 4.54. The first-order chi connectivity index (χ1) is 18.0. The quantitative estimate of drug-likeness (QED) is 0.356. The second kappa shape index (κ2) is 9.33. The molecule has 3 aromatic heterocycles. The van der Waals surface area contributed by atoms with Gasteiger partial charge in [-0.3, -0.25) is 19.0 Å². The first-order valence-corrected chi connectivity index (χ1v) is 11.8. The van der Waals surface area contributed by atoms with Crippen LogP contribution >= 0.6 is 0 Å². The molecule has 4 heterocycles. The van der Waals surface area contributed by atoms with Gasteiger partial charge in [0.05, 0.1) is 41.1 Å². The van der Waals surface area contributed by atoms with E-state index in [1.807, 2.05) is 19.2 Å². The fourth-order valence-corrected chi connectivity index (χ4v) is 4.93. The number of benzene rings is 1. The van der Waals surface area contributed by atoms with Crippen LogP contribution in [0.5, 0.6) is 0 Å². The van der Waals surface area contributed by atoms with Crippen LogP contribution in [0.25, 0.3) is 22.2 Å². The summed E-state index contributed by atoms with van der Waals surface area (Å²) in [7, 11) is 2.78. The number of aryl methyl sites for hydroxylation is 1. The lowest BCUT2D eigenvalue weighted by atomic mass is 9.86. The number of alkyl halides is 3. The predicted octanol–water partition coefficient (Wildman–Crippen LogP) is 4.78. The number of pyridine rings is 1. The first kappa shape index (κ1) is 25.5. The van der Waals surface area contributed by atoms with Crippen molar-refractivity contribution in [2.45, 2.75) is 44.1 Å². The van der Waals surface area contributed by atoms with Gasteiger partial charge in [-0.25, -0.2) is 9.37 Å². The number of nitrogens with zero attached hydrogens (tertiary/aromatic N) is 6. The Morgan fingerprint density at radius 3 is 2.55 bits per heavy atom. The molecule has 4 aromatic rings. The molecule has 1 aliphatic heterocycles. The van der Waals surface area contributed by atoms with E-state index in [1.54, 1.807) is 17.9 Å². The van der Waals surface area contributed by atoms with Gasteiger partial charge in [-0.2, -0.15) is 23.5 Å². The molecular weight excluding hydrogens is 504 g/mol. The summed E-state index contributed by atoms with van der Waals surface area (Å²) < 4.78 is 64.5. The summed E-state index contributed by atoms with van der Waals surface area (Å²) in [6.45, 7) is 1.90. The van der Waals surface area contributed by atoms with Gasteiger partial charge < -0.3 is 4.74 Å². The topological polar surface area (TPSA) is 98.6 Å². The molecule has 3 atom stereocenters. The van der Waals surface area contributed by atoms with E-state index in [0.29, 0.717) is 23.1 Å². The Morgan fingerprint density at radius 1 is 1.16 bits per heavy atom. The Kier molecular flexibility index (Phi) is 6.27. The Balaban J connectivity index is 1.73. The lowest BCUT2D eigenvalue weighted by Gasteiger charge is -2.33. The lowest BCUT2D eigenvalue weighted by molar-refractivity contribution is -0.147. The van der Waals surface area contributed by atoms with Gasteiger partial charge in [0.2, 0.25) is 5.82 Å². The van der Waals surface area contributed by atoms with Crippen LogP contribution in [-0.2, 0) is 25.0 Å². The monoisotopic (exact) mass is 526 g/mol. The Bertz CT molecular complexity index is 1650. The number of hydrogen-bond acceptors (Lipinski definition) is 6. The highest BCUT2D eigenvalue weighted by Gasteiger charge is 2.38. The summed E-state index contributed by atoms with van der Waals surface area (Å²) in [6.07, 6.45) is -0.906. The van der Waals surface area contributed by atoms with Crippen molar-refractivity contribution in [3.63, 3.8) is 0 Å². The molecule has 1 saturated heterocycles. The van der Waals surface area contributed by atoms with Gasteiger partial charge in [-0.05, 0) is 44.0 Å². The third-order valence-electron chi connectivity index (χ3n) is 6.72. The summed E-state index contributed by atoms with van der Waals surface area (Å²) >= 11 is 0. The van der Waals surface area contributed by atoms with E-state index < -0.39 is 23.4 Å². The molecular formula is C26H22F4N6O2. The second-order valence-corrected chi connectivity index (χ2v) is 9.45. The standard InChI is InChI=1S/C26H22F4N6O2/c1-13-6-15(8-21(38-13)16-11-32-35(2)12-16)20-9-18-23(34-25(26(28,29)30)36(3)24(18)37)22(33-20)17-5-4-14(10-31)7-19(17)27/h4-5,7,9,11-13,15,21H,6,8H2,1-3H3/t13-,15-,21-/m0/s1. The van der Waals surface area contributed by atoms with Gasteiger partial charge in [-0.15, -0.1) is 0 Å². The summed E-state index contributed by atoms with van der Waals surface area (Å²) in [6, 6.07) is 6.83. The molecule has 1 aromatic carbocycles. The number of ether oxygens (including phenoxy) is 1. The number of fused-ring (bicyclic) bond motifs is 1. The van der Waals surface area contributed by atoms with E-state index in [9.17, 15) is 18.0 Å². The maximum absolute atomic E-state index is 15.1. The molecule has 0 saturated carbocycles. The van der Waals surface area contributed by atoms with Crippen molar-refractivity contribution < 1.29 is 22.3 Å². The summed E-state index contributed by atoms with van der Waals surface area (Å²) in [5.74, 6) is -2.53. The van der Waals surface area contributed by atoms with Crippen molar-refractivity contribution in [2.75, 3.05) is 0 Å². The van der Waals surface area contributed by atoms with Crippen molar-refractivity contribution in [1.29, 1.82) is 5.26 Å². The van der Waals surface area contributed by atoms with Crippen LogP contribution in [0, 0.1) is 17.1 Å². The Labute approximate surface area is 214 Å². The molecule has 0 amide bonds. The van der Waals surface area contributed by atoms with Crippen LogP contribution in [0.15, 0.2) is 41.5 Å². The van der Waals surface area contributed by atoms with Crippen molar-refractivity contribution in [3.8, 4) is 17.3 Å². The van der Waals surface area contributed by atoms with Crippen LogP contribution in [0.3, 0.4) is 0 Å². The van der Waals surface area contributed by atoms with Crippen LogP contribution in [0.4, 0.5) is 17.6 Å². The molecule has 0 aliphatic carbocycles. The highest BCUT2D eigenvalue weighted by molar-refractivity contribution is 5.91. The van der Waals surface area contributed by atoms with Crippen LogP contribution in [0.2, 0.25) is 0 Å². The minimum absolute atomic E-state index is 0.0316. The van der Waals surface area contributed by atoms with E-state index in [-0.39, 0.29) is 45.8 Å². The SMILES string of the molecule is C[C@H]1C[C@H](c2cc3c(=O)n(C)c(C(F)(F)F)nc3c(-c3ccc(C#N)cc3F)n2)C[C@@H](c2cnn(C)c2)O1. The van der Waals surface area contributed by atoms with E-state index in [4.69, 9.17) is 10.00 Å². The molecule has 1 fully saturated rings. The normalized spacial score (nSPS) is 20.0. The molecule has 8 nitrogen and oxygen atoms in total. The van der Waals surface area contributed by atoms with E-state index in [0.717, 1.165) is 18.7 Å². The minimum atomic E-state index is -4.92. The molecule has 0 unspecified atom stereocenters. The van der Waals surface area contributed by atoms with Gasteiger partial charge in [0.15, 0.2) is 0 Å². The molecule has 0 bridgehead atoms. The molecule has 12 heteroatoms. The smallest absolute Gasteiger partial charge is 0.370 e. The van der Waals surface area contributed by atoms with Crippen LogP contribution in [-0.4, -0.2) is 30.4 Å². The zero-order valence-electron chi connectivity index (χ0n) is 20.6. The molecule has 0 N–H and O–H groups in total. The van der Waals surface area contributed by atoms with Crippen molar-refractivity contribution in [3.05, 3.63) is 75.5 Å². The largest absolute Gasteiger partial charge is 0.449 e.